The molecule has 0 radical (unpaired) electrons. The first-order chi connectivity index (χ1) is 11.2. The van der Waals surface area contributed by atoms with Crippen molar-refractivity contribution < 1.29 is 9.53 Å². The van der Waals surface area contributed by atoms with E-state index in [2.05, 4.69) is 20.5 Å². The number of anilines is 1. The molecule has 0 aliphatic carbocycles. The van der Waals surface area contributed by atoms with Crippen LogP contribution < -0.4 is 10.1 Å². The fourth-order valence-corrected chi connectivity index (χ4v) is 2.73. The van der Waals surface area contributed by atoms with E-state index < -0.39 is 0 Å². The molecule has 0 aliphatic heterocycles. The molecule has 0 bridgehead atoms. The van der Waals surface area contributed by atoms with E-state index in [1.807, 2.05) is 37.3 Å². The third-order valence-corrected chi connectivity index (χ3v) is 3.99. The Morgan fingerprint density at radius 2 is 2.09 bits per heavy atom. The molecule has 1 N–H and O–H groups in total. The van der Waals surface area contributed by atoms with Gasteiger partial charge in [-0.3, -0.25) is 15.1 Å². The summed E-state index contributed by atoms with van der Waals surface area (Å²) in [5.74, 6) is 0.238. The summed E-state index contributed by atoms with van der Waals surface area (Å²) >= 11 is 1.27. The number of benzene rings is 1. The first-order valence-corrected chi connectivity index (χ1v) is 7.70. The summed E-state index contributed by atoms with van der Waals surface area (Å²) in [5, 5.41) is 11.8. The topological polar surface area (TPSA) is 77.0 Å². The van der Waals surface area contributed by atoms with E-state index in [-0.39, 0.29) is 5.91 Å². The van der Waals surface area contributed by atoms with Gasteiger partial charge in [0.1, 0.15) is 11.4 Å². The molecule has 0 aliphatic rings. The van der Waals surface area contributed by atoms with E-state index in [1.165, 1.54) is 18.4 Å². The number of aromatic nitrogens is 3. The number of methoxy groups -OCH3 is 1. The maximum atomic E-state index is 12.4. The number of pyridine rings is 1. The van der Waals surface area contributed by atoms with Gasteiger partial charge in [-0.1, -0.05) is 23.5 Å². The largest absolute Gasteiger partial charge is 0.496 e. The number of ether oxygens (including phenoxy) is 1. The SMILES string of the molecule is COc1cc(C)ccc1C(=O)Nc1nnc(-c2ccccn2)s1. The molecule has 1 aromatic carbocycles. The fraction of sp³-hybridized carbons (Fsp3) is 0.125. The summed E-state index contributed by atoms with van der Waals surface area (Å²) in [6.07, 6.45) is 1.69. The van der Waals surface area contributed by atoms with Crippen LogP contribution >= 0.6 is 11.3 Å². The lowest BCUT2D eigenvalue weighted by molar-refractivity contribution is 0.102. The Morgan fingerprint density at radius 1 is 1.22 bits per heavy atom. The molecule has 3 aromatic rings. The van der Waals surface area contributed by atoms with Crippen molar-refractivity contribution in [3.63, 3.8) is 0 Å². The van der Waals surface area contributed by atoms with Gasteiger partial charge in [0.05, 0.1) is 12.7 Å². The second-order valence-electron chi connectivity index (χ2n) is 4.79. The molecule has 0 unspecified atom stereocenters. The zero-order chi connectivity index (χ0) is 16.2. The number of amides is 1. The van der Waals surface area contributed by atoms with Crippen LogP contribution in [0.5, 0.6) is 5.75 Å². The lowest BCUT2D eigenvalue weighted by atomic mass is 10.1. The quantitative estimate of drug-likeness (QED) is 0.797. The van der Waals surface area contributed by atoms with E-state index in [0.29, 0.717) is 21.5 Å². The van der Waals surface area contributed by atoms with Crippen LogP contribution in [0.2, 0.25) is 0 Å². The van der Waals surface area contributed by atoms with Gasteiger partial charge in [0.2, 0.25) is 5.13 Å². The Kier molecular flexibility index (Phi) is 4.29. The highest BCUT2D eigenvalue weighted by molar-refractivity contribution is 7.18. The number of aryl methyl sites for hydroxylation is 1. The van der Waals surface area contributed by atoms with Gasteiger partial charge in [-0.2, -0.15) is 0 Å². The van der Waals surface area contributed by atoms with Crippen LogP contribution in [0.3, 0.4) is 0 Å². The van der Waals surface area contributed by atoms with Crippen molar-refractivity contribution in [1.29, 1.82) is 0 Å². The van der Waals surface area contributed by atoms with Gasteiger partial charge in [-0.25, -0.2) is 0 Å². The summed E-state index contributed by atoms with van der Waals surface area (Å²) in [7, 11) is 1.54. The highest BCUT2D eigenvalue weighted by Gasteiger charge is 2.15. The van der Waals surface area contributed by atoms with Crippen LogP contribution in [0.15, 0.2) is 42.6 Å². The Bertz CT molecular complexity index is 833. The Labute approximate surface area is 137 Å². The molecular weight excluding hydrogens is 312 g/mol. The van der Waals surface area contributed by atoms with Crippen molar-refractivity contribution in [3.05, 3.63) is 53.7 Å². The van der Waals surface area contributed by atoms with Crippen LogP contribution in [0.4, 0.5) is 5.13 Å². The molecule has 3 rings (SSSR count). The van der Waals surface area contributed by atoms with E-state index in [0.717, 1.165) is 11.3 Å². The highest BCUT2D eigenvalue weighted by atomic mass is 32.1. The van der Waals surface area contributed by atoms with Gasteiger partial charge in [-0.05, 0) is 36.8 Å². The normalized spacial score (nSPS) is 10.3. The number of nitrogens with zero attached hydrogens (tertiary/aromatic N) is 3. The number of hydrogen-bond acceptors (Lipinski definition) is 6. The van der Waals surface area contributed by atoms with Crippen LogP contribution in [0.25, 0.3) is 10.7 Å². The summed E-state index contributed by atoms with van der Waals surface area (Å²) < 4.78 is 5.26. The zero-order valence-corrected chi connectivity index (χ0v) is 13.4. The molecule has 2 aromatic heterocycles. The Hall–Kier alpha value is -2.80. The van der Waals surface area contributed by atoms with Crippen molar-refractivity contribution in [1.82, 2.24) is 15.2 Å². The van der Waals surface area contributed by atoms with Gasteiger partial charge in [0, 0.05) is 6.20 Å². The van der Waals surface area contributed by atoms with Crippen molar-refractivity contribution in [3.8, 4) is 16.5 Å². The lowest BCUT2D eigenvalue weighted by Crippen LogP contribution is -2.13. The molecule has 116 valence electrons. The van der Waals surface area contributed by atoms with Crippen molar-refractivity contribution in [2.24, 2.45) is 0 Å². The standard InChI is InChI=1S/C16H14N4O2S/c1-10-6-7-11(13(9-10)22-2)14(21)18-16-20-19-15(23-16)12-5-3-4-8-17-12/h3-9H,1-2H3,(H,18,20,21). The Balaban J connectivity index is 1.80. The minimum absolute atomic E-state index is 0.287. The first-order valence-electron chi connectivity index (χ1n) is 6.88. The summed E-state index contributed by atoms with van der Waals surface area (Å²) in [6, 6.07) is 10.9. The molecule has 0 saturated carbocycles. The van der Waals surface area contributed by atoms with Gasteiger partial charge < -0.3 is 4.74 Å². The van der Waals surface area contributed by atoms with Gasteiger partial charge in [0.15, 0.2) is 5.01 Å². The average molecular weight is 326 g/mol. The molecular formula is C16H14N4O2S. The number of nitrogens with one attached hydrogen (secondary N) is 1. The number of carbonyl (C=O) groups is 1. The maximum absolute atomic E-state index is 12.4. The molecule has 0 atom stereocenters. The zero-order valence-electron chi connectivity index (χ0n) is 12.6. The van der Waals surface area contributed by atoms with E-state index >= 15 is 0 Å². The van der Waals surface area contributed by atoms with Crippen LogP contribution in [0, 0.1) is 6.92 Å². The minimum Gasteiger partial charge on any atom is -0.496 e. The van der Waals surface area contributed by atoms with Crippen LogP contribution in [-0.4, -0.2) is 28.2 Å². The van der Waals surface area contributed by atoms with Gasteiger partial charge in [0.25, 0.3) is 5.91 Å². The number of rotatable bonds is 4. The molecule has 23 heavy (non-hydrogen) atoms. The van der Waals surface area contributed by atoms with E-state index in [4.69, 9.17) is 4.74 Å². The fourth-order valence-electron chi connectivity index (χ4n) is 2.02. The summed E-state index contributed by atoms with van der Waals surface area (Å²) in [6.45, 7) is 1.94. The van der Waals surface area contributed by atoms with Crippen molar-refractivity contribution in [2.45, 2.75) is 6.92 Å². The maximum Gasteiger partial charge on any atom is 0.261 e. The number of hydrogen-bond donors (Lipinski definition) is 1. The minimum atomic E-state index is -0.287. The molecule has 0 fully saturated rings. The predicted octanol–water partition coefficient (Wildman–Crippen LogP) is 3.17. The van der Waals surface area contributed by atoms with Crippen LogP contribution in [0.1, 0.15) is 15.9 Å². The van der Waals surface area contributed by atoms with E-state index in [9.17, 15) is 4.79 Å². The second-order valence-corrected chi connectivity index (χ2v) is 5.76. The van der Waals surface area contributed by atoms with E-state index in [1.54, 1.807) is 12.3 Å². The first kappa shape index (κ1) is 15.1. The molecule has 7 heteroatoms. The Morgan fingerprint density at radius 3 is 2.83 bits per heavy atom. The van der Waals surface area contributed by atoms with Crippen molar-refractivity contribution in [2.75, 3.05) is 12.4 Å². The van der Waals surface area contributed by atoms with Gasteiger partial charge >= 0.3 is 0 Å². The third kappa shape index (κ3) is 3.35. The van der Waals surface area contributed by atoms with Gasteiger partial charge in [-0.15, -0.1) is 10.2 Å². The highest BCUT2D eigenvalue weighted by Crippen LogP contribution is 2.26. The monoisotopic (exact) mass is 326 g/mol. The second kappa shape index (κ2) is 6.53. The molecule has 0 spiro atoms. The summed E-state index contributed by atoms with van der Waals surface area (Å²) in [5.41, 5.74) is 2.19. The third-order valence-electron chi connectivity index (χ3n) is 3.13. The summed E-state index contributed by atoms with van der Waals surface area (Å²) in [4.78, 5) is 16.6. The predicted molar refractivity (Wildman–Crippen MR) is 88.8 cm³/mol. The molecule has 1 amide bonds. The number of carbonyl (C=O) groups excluding carboxylic acids is 1. The van der Waals surface area contributed by atoms with Crippen molar-refractivity contribution >= 4 is 22.4 Å². The van der Waals surface area contributed by atoms with Crippen LogP contribution in [-0.2, 0) is 0 Å². The lowest BCUT2D eigenvalue weighted by Gasteiger charge is -2.08. The average Bonchev–Trinajstić information content (AvgIpc) is 3.04. The molecule has 6 nitrogen and oxygen atoms in total. The molecule has 2 heterocycles. The smallest absolute Gasteiger partial charge is 0.261 e. The molecule has 0 saturated heterocycles.